The maximum atomic E-state index is 12.8. The lowest BCUT2D eigenvalue weighted by atomic mass is 10.1. The second-order valence-electron chi connectivity index (χ2n) is 9.85. The number of nitrogens with one attached hydrogen (secondary N) is 2. The number of carbonyl (C=O) groups excluding carboxylic acids is 1. The van der Waals surface area contributed by atoms with E-state index in [2.05, 4.69) is 81.5 Å². The van der Waals surface area contributed by atoms with Crippen molar-refractivity contribution in [2.24, 2.45) is 5.10 Å². The first-order valence-corrected chi connectivity index (χ1v) is 15.7. The molecule has 4 aromatic carbocycles. The fraction of sp³-hybridized carbons (Fsp3) is 0.147. The van der Waals surface area contributed by atoms with Gasteiger partial charge in [-0.3, -0.25) is 4.79 Å². The number of hydrazone groups is 1. The van der Waals surface area contributed by atoms with Gasteiger partial charge in [-0.15, -0.1) is 11.3 Å². The van der Waals surface area contributed by atoms with Crippen molar-refractivity contribution in [3.63, 3.8) is 0 Å². The highest BCUT2D eigenvalue weighted by Gasteiger charge is 2.13. The molecule has 0 spiro atoms. The van der Waals surface area contributed by atoms with Crippen LogP contribution in [-0.4, -0.2) is 23.7 Å². The van der Waals surface area contributed by atoms with Crippen LogP contribution in [0.3, 0.4) is 0 Å². The molecule has 0 fully saturated rings. The summed E-state index contributed by atoms with van der Waals surface area (Å²) in [6.45, 7) is 6.98. The zero-order valence-electron chi connectivity index (χ0n) is 24.1. The lowest BCUT2D eigenvalue weighted by molar-refractivity contribution is 0.0955. The number of aromatic nitrogens is 1. The van der Waals surface area contributed by atoms with Gasteiger partial charge < -0.3 is 14.8 Å². The highest BCUT2D eigenvalue weighted by molar-refractivity contribution is 14.1. The van der Waals surface area contributed by atoms with Crippen molar-refractivity contribution in [3.05, 3.63) is 122 Å². The summed E-state index contributed by atoms with van der Waals surface area (Å²) in [4.78, 5) is 17.4. The van der Waals surface area contributed by atoms with Gasteiger partial charge in [0.05, 0.1) is 22.1 Å². The van der Waals surface area contributed by atoms with Gasteiger partial charge in [-0.25, -0.2) is 10.4 Å². The van der Waals surface area contributed by atoms with Crippen LogP contribution in [0.2, 0.25) is 0 Å². The molecule has 0 radical (unpaired) electrons. The van der Waals surface area contributed by atoms with Crippen LogP contribution in [0.1, 0.15) is 39.5 Å². The zero-order valence-corrected chi connectivity index (χ0v) is 27.0. The van der Waals surface area contributed by atoms with E-state index in [4.69, 9.17) is 9.47 Å². The maximum Gasteiger partial charge on any atom is 0.271 e. The van der Waals surface area contributed by atoms with Crippen LogP contribution in [0.5, 0.6) is 11.5 Å². The molecule has 2 N–H and O–H groups in total. The van der Waals surface area contributed by atoms with Crippen molar-refractivity contribution >= 4 is 56.9 Å². The second-order valence-corrected chi connectivity index (χ2v) is 11.9. The van der Waals surface area contributed by atoms with E-state index in [-0.39, 0.29) is 5.91 Å². The van der Waals surface area contributed by atoms with Crippen LogP contribution >= 0.6 is 33.9 Å². The third-order valence-electron chi connectivity index (χ3n) is 6.43. The van der Waals surface area contributed by atoms with Crippen molar-refractivity contribution < 1.29 is 14.3 Å². The fourth-order valence-corrected chi connectivity index (χ4v) is 5.79. The molecule has 1 heterocycles. The normalized spacial score (nSPS) is 11.0. The highest BCUT2D eigenvalue weighted by atomic mass is 127. The van der Waals surface area contributed by atoms with Gasteiger partial charge in [0.1, 0.15) is 6.61 Å². The van der Waals surface area contributed by atoms with E-state index in [0.29, 0.717) is 30.3 Å². The number of aryl methyl sites for hydroxylation is 2. The fourth-order valence-electron chi connectivity index (χ4n) is 4.27. The standard InChI is InChI=1S/C34H31IN4O3S/c1-4-41-31-18-25(17-29(35)32(31)42-20-24-7-5-6-23(3)16-24)19-36-39-33(40)27-12-10-26(11-13-27)30-21-43-34(38-30)37-28-14-8-22(2)9-15-28/h5-19,21H,4,20H2,1-3H3,(H,37,38)(H,39,40)/b36-19-. The molecule has 0 atom stereocenters. The Bertz CT molecular complexity index is 1730. The van der Waals surface area contributed by atoms with Gasteiger partial charge in [0.2, 0.25) is 0 Å². The molecule has 0 aliphatic carbocycles. The Morgan fingerprint density at radius 1 is 0.977 bits per heavy atom. The summed E-state index contributed by atoms with van der Waals surface area (Å²) in [5, 5.41) is 10.3. The third kappa shape index (κ3) is 8.20. The Kier molecular flexibility index (Phi) is 10.1. The minimum Gasteiger partial charge on any atom is -0.490 e. The Hall–Kier alpha value is -4.22. The maximum absolute atomic E-state index is 12.8. The molecule has 43 heavy (non-hydrogen) atoms. The number of nitrogens with zero attached hydrogens (tertiary/aromatic N) is 2. The Labute approximate surface area is 269 Å². The van der Waals surface area contributed by atoms with Gasteiger partial charge in [0, 0.05) is 22.2 Å². The molecule has 0 aliphatic rings. The molecule has 218 valence electrons. The van der Waals surface area contributed by atoms with Crippen molar-refractivity contribution in [1.82, 2.24) is 10.4 Å². The van der Waals surface area contributed by atoms with E-state index in [1.165, 1.54) is 22.5 Å². The summed E-state index contributed by atoms with van der Waals surface area (Å²) >= 11 is 3.76. The van der Waals surface area contributed by atoms with Crippen LogP contribution in [0.25, 0.3) is 11.3 Å². The predicted octanol–water partition coefficient (Wildman–Crippen LogP) is 8.52. The summed E-state index contributed by atoms with van der Waals surface area (Å²) in [6.07, 6.45) is 1.60. The Balaban J connectivity index is 1.20. The minimum atomic E-state index is -0.305. The smallest absolute Gasteiger partial charge is 0.271 e. The lowest BCUT2D eigenvalue weighted by Crippen LogP contribution is -2.17. The molecular weight excluding hydrogens is 671 g/mol. The molecule has 1 aromatic heterocycles. The molecule has 0 unspecified atom stereocenters. The highest BCUT2D eigenvalue weighted by Crippen LogP contribution is 2.34. The first-order valence-electron chi connectivity index (χ1n) is 13.8. The molecular formula is C34H31IN4O3S. The van der Waals surface area contributed by atoms with E-state index in [9.17, 15) is 4.79 Å². The SMILES string of the molecule is CCOc1cc(/C=N\NC(=O)c2ccc(-c3csc(Nc4ccc(C)cc4)n3)cc2)cc(I)c1OCc1cccc(C)c1. The van der Waals surface area contributed by atoms with Crippen molar-refractivity contribution in [2.45, 2.75) is 27.4 Å². The average molecular weight is 703 g/mol. The number of hydrogen-bond donors (Lipinski definition) is 2. The zero-order chi connectivity index (χ0) is 30.2. The number of halogens is 1. The molecule has 5 aromatic rings. The van der Waals surface area contributed by atoms with E-state index in [0.717, 1.165) is 36.8 Å². The largest absolute Gasteiger partial charge is 0.490 e. The Morgan fingerprint density at radius 2 is 1.77 bits per heavy atom. The number of amides is 1. The molecule has 1 amide bonds. The number of rotatable bonds is 11. The number of benzene rings is 4. The van der Waals surface area contributed by atoms with E-state index >= 15 is 0 Å². The number of ether oxygens (including phenoxy) is 2. The lowest BCUT2D eigenvalue weighted by Gasteiger charge is -2.15. The predicted molar refractivity (Wildman–Crippen MR) is 183 cm³/mol. The van der Waals surface area contributed by atoms with Gasteiger partial charge in [-0.1, -0.05) is 59.7 Å². The van der Waals surface area contributed by atoms with Crippen molar-refractivity contribution in [3.8, 4) is 22.8 Å². The van der Waals surface area contributed by atoms with Crippen LogP contribution in [-0.2, 0) is 6.61 Å². The number of carbonyl (C=O) groups is 1. The monoisotopic (exact) mass is 702 g/mol. The molecule has 9 heteroatoms. The summed E-state index contributed by atoms with van der Waals surface area (Å²) in [6, 6.07) is 27.5. The van der Waals surface area contributed by atoms with Gasteiger partial charge in [-0.05, 0) is 90.9 Å². The van der Waals surface area contributed by atoms with E-state index in [1.54, 1.807) is 18.3 Å². The molecule has 0 saturated carbocycles. The van der Waals surface area contributed by atoms with E-state index in [1.807, 2.05) is 60.8 Å². The summed E-state index contributed by atoms with van der Waals surface area (Å²) in [5.41, 5.74) is 10.1. The topological polar surface area (TPSA) is 84.8 Å². The molecule has 0 aliphatic heterocycles. The van der Waals surface area contributed by atoms with Crippen LogP contribution in [0.15, 0.2) is 95.4 Å². The van der Waals surface area contributed by atoms with Gasteiger partial charge in [0.15, 0.2) is 16.6 Å². The summed E-state index contributed by atoms with van der Waals surface area (Å²) in [5.74, 6) is 1.01. The molecule has 0 saturated heterocycles. The van der Waals surface area contributed by atoms with Gasteiger partial charge >= 0.3 is 0 Å². The molecule has 5 rings (SSSR count). The first kappa shape index (κ1) is 30.2. The minimum absolute atomic E-state index is 0.305. The second kappa shape index (κ2) is 14.3. The van der Waals surface area contributed by atoms with E-state index < -0.39 is 0 Å². The van der Waals surface area contributed by atoms with Crippen molar-refractivity contribution in [1.29, 1.82) is 0 Å². The number of hydrogen-bond acceptors (Lipinski definition) is 7. The summed E-state index contributed by atoms with van der Waals surface area (Å²) in [7, 11) is 0. The van der Waals surface area contributed by atoms with Crippen molar-refractivity contribution in [2.75, 3.05) is 11.9 Å². The quantitative estimate of drug-likeness (QED) is 0.0820. The Morgan fingerprint density at radius 3 is 2.51 bits per heavy atom. The third-order valence-corrected chi connectivity index (χ3v) is 7.99. The summed E-state index contributed by atoms with van der Waals surface area (Å²) < 4.78 is 12.9. The molecule has 0 bridgehead atoms. The van der Waals surface area contributed by atoms with Crippen LogP contribution in [0, 0.1) is 17.4 Å². The van der Waals surface area contributed by atoms with Gasteiger partial charge in [-0.2, -0.15) is 5.10 Å². The number of thiazole rings is 1. The van der Waals surface area contributed by atoms with Gasteiger partial charge in [0.25, 0.3) is 5.91 Å². The first-order chi connectivity index (χ1) is 20.9. The van der Waals surface area contributed by atoms with Crippen LogP contribution < -0.4 is 20.2 Å². The van der Waals surface area contributed by atoms with Crippen LogP contribution in [0.4, 0.5) is 10.8 Å². The average Bonchev–Trinajstić information content (AvgIpc) is 3.47. The molecule has 7 nitrogen and oxygen atoms in total. The number of anilines is 2.